The summed E-state index contributed by atoms with van der Waals surface area (Å²) in [5.74, 6) is 1.87. The molecule has 1 fully saturated rings. The van der Waals surface area contributed by atoms with E-state index in [1.807, 2.05) is 37.3 Å². The Morgan fingerprint density at radius 1 is 1.32 bits per heavy atom. The molecular formula is C20H25N3O2. The van der Waals surface area contributed by atoms with Gasteiger partial charge in [-0.3, -0.25) is 0 Å². The molecule has 0 spiro atoms. The van der Waals surface area contributed by atoms with E-state index in [0.717, 1.165) is 55.2 Å². The Morgan fingerprint density at radius 2 is 2.08 bits per heavy atom. The minimum atomic E-state index is -0.218. The fraction of sp³-hybridized carbons (Fsp3) is 0.450. The van der Waals surface area contributed by atoms with Crippen LogP contribution in [0.2, 0.25) is 0 Å². The van der Waals surface area contributed by atoms with Crippen molar-refractivity contribution in [3.05, 3.63) is 47.4 Å². The second-order valence-corrected chi connectivity index (χ2v) is 6.59. The average molecular weight is 339 g/mol. The van der Waals surface area contributed by atoms with Gasteiger partial charge in [-0.25, -0.2) is 0 Å². The van der Waals surface area contributed by atoms with Gasteiger partial charge in [0.25, 0.3) is 0 Å². The van der Waals surface area contributed by atoms with Crippen LogP contribution < -0.4 is 10.2 Å². The third-order valence-corrected chi connectivity index (χ3v) is 4.76. The van der Waals surface area contributed by atoms with Crippen molar-refractivity contribution in [2.75, 3.05) is 23.3 Å². The molecule has 1 aliphatic heterocycles. The molecule has 1 aliphatic rings. The highest BCUT2D eigenvalue weighted by atomic mass is 16.3. The molecule has 0 radical (unpaired) electrons. The van der Waals surface area contributed by atoms with E-state index < -0.39 is 0 Å². The zero-order chi connectivity index (χ0) is 17.8. The van der Waals surface area contributed by atoms with Crippen molar-refractivity contribution in [3.63, 3.8) is 0 Å². The number of benzene rings is 1. The second-order valence-electron chi connectivity index (χ2n) is 6.59. The lowest BCUT2D eigenvalue weighted by Gasteiger charge is -2.32. The third-order valence-electron chi connectivity index (χ3n) is 4.76. The summed E-state index contributed by atoms with van der Waals surface area (Å²) in [4.78, 5) is 2.18. The molecule has 132 valence electrons. The average Bonchev–Trinajstić information content (AvgIpc) is 3.12. The first kappa shape index (κ1) is 17.4. The highest BCUT2D eigenvalue weighted by Gasteiger charge is 2.20. The number of nitrogens with one attached hydrogen (secondary N) is 1. The molecular weight excluding hydrogens is 314 g/mol. The van der Waals surface area contributed by atoms with E-state index in [4.69, 9.17) is 4.42 Å². The van der Waals surface area contributed by atoms with Gasteiger partial charge in [0.1, 0.15) is 17.6 Å². The van der Waals surface area contributed by atoms with Crippen LogP contribution >= 0.6 is 0 Å². The number of aliphatic hydroxyl groups excluding tert-OH is 1. The predicted octanol–water partition coefficient (Wildman–Crippen LogP) is 3.85. The molecule has 0 aliphatic carbocycles. The molecule has 5 heteroatoms. The molecule has 5 nitrogen and oxygen atoms in total. The van der Waals surface area contributed by atoms with E-state index in [1.54, 1.807) is 0 Å². The van der Waals surface area contributed by atoms with Crippen LogP contribution in [0, 0.1) is 11.3 Å². The lowest BCUT2D eigenvalue weighted by Crippen LogP contribution is -2.36. The van der Waals surface area contributed by atoms with Crippen LogP contribution in [0.15, 0.2) is 34.7 Å². The number of hydrogen-bond acceptors (Lipinski definition) is 5. The van der Waals surface area contributed by atoms with E-state index in [9.17, 15) is 10.4 Å². The molecule has 1 aromatic carbocycles. The van der Waals surface area contributed by atoms with Gasteiger partial charge in [0.15, 0.2) is 0 Å². The van der Waals surface area contributed by atoms with Crippen LogP contribution in [-0.2, 0) is 6.42 Å². The minimum Gasteiger partial charge on any atom is -0.464 e. The van der Waals surface area contributed by atoms with Crippen molar-refractivity contribution < 1.29 is 9.52 Å². The second kappa shape index (κ2) is 7.62. The van der Waals surface area contributed by atoms with Gasteiger partial charge in [0, 0.05) is 25.2 Å². The normalized spacial score (nSPS) is 16.5. The summed E-state index contributed by atoms with van der Waals surface area (Å²) in [6.45, 7) is 5.68. The minimum absolute atomic E-state index is 0.0304. The number of hydrogen-bond donors (Lipinski definition) is 2. The summed E-state index contributed by atoms with van der Waals surface area (Å²) >= 11 is 0. The van der Waals surface area contributed by atoms with Crippen molar-refractivity contribution >= 4 is 11.4 Å². The molecule has 1 saturated heterocycles. The largest absolute Gasteiger partial charge is 0.464 e. The van der Waals surface area contributed by atoms with Crippen molar-refractivity contribution in [3.8, 4) is 6.07 Å². The zero-order valence-corrected chi connectivity index (χ0v) is 14.8. The van der Waals surface area contributed by atoms with Crippen molar-refractivity contribution in [2.24, 2.45) is 0 Å². The van der Waals surface area contributed by atoms with E-state index in [-0.39, 0.29) is 12.1 Å². The third kappa shape index (κ3) is 3.97. The summed E-state index contributed by atoms with van der Waals surface area (Å²) in [5.41, 5.74) is 2.50. The Balaban J connectivity index is 1.74. The van der Waals surface area contributed by atoms with Crippen LogP contribution in [0.1, 0.15) is 49.8 Å². The SMILES string of the molecule is CCc1ccc(C(C)Nc2ccc(N3CCC(O)CC3)c(C#N)c2)o1. The maximum Gasteiger partial charge on any atom is 0.126 e. The van der Waals surface area contributed by atoms with Gasteiger partial charge < -0.3 is 19.7 Å². The Morgan fingerprint density at radius 3 is 2.72 bits per heavy atom. The molecule has 1 unspecified atom stereocenters. The first-order chi connectivity index (χ1) is 12.1. The van der Waals surface area contributed by atoms with Crippen molar-refractivity contribution in [2.45, 2.75) is 45.3 Å². The fourth-order valence-electron chi connectivity index (χ4n) is 3.24. The molecule has 0 saturated carbocycles. The lowest BCUT2D eigenvalue weighted by molar-refractivity contribution is 0.145. The molecule has 1 aromatic heterocycles. The van der Waals surface area contributed by atoms with Crippen LogP contribution in [0.5, 0.6) is 0 Å². The number of rotatable bonds is 5. The number of nitriles is 1. The van der Waals surface area contributed by atoms with Gasteiger partial charge in [-0.05, 0) is 50.1 Å². The fourth-order valence-corrected chi connectivity index (χ4v) is 3.24. The predicted molar refractivity (Wildman–Crippen MR) is 98.7 cm³/mol. The Hall–Kier alpha value is -2.45. The molecule has 0 bridgehead atoms. The van der Waals surface area contributed by atoms with Gasteiger partial charge >= 0.3 is 0 Å². The molecule has 1 atom stereocenters. The highest BCUT2D eigenvalue weighted by Crippen LogP contribution is 2.29. The van der Waals surface area contributed by atoms with Crippen LogP contribution in [-0.4, -0.2) is 24.3 Å². The van der Waals surface area contributed by atoms with E-state index in [2.05, 4.69) is 23.2 Å². The molecule has 3 rings (SSSR count). The standard InChI is InChI=1S/C20H25N3O2/c1-3-18-5-7-20(25-18)14(2)22-16-4-6-19(15(12-16)13-21)23-10-8-17(24)9-11-23/h4-7,12,14,17,22,24H,3,8-11H2,1-2H3. The number of nitrogens with zero attached hydrogens (tertiary/aromatic N) is 2. The Bertz CT molecular complexity index is 755. The molecule has 2 heterocycles. The molecule has 2 aromatic rings. The molecule has 2 N–H and O–H groups in total. The summed E-state index contributed by atoms with van der Waals surface area (Å²) in [5, 5.41) is 22.6. The first-order valence-electron chi connectivity index (χ1n) is 8.93. The maximum absolute atomic E-state index is 9.66. The number of furan rings is 1. The van der Waals surface area contributed by atoms with Crippen LogP contribution in [0.4, 0.5) is 11.4 Å². The van der Waals surface area contributed by atoms with Crippen molar-refractivity contribution in [1.29, 1.82) is 5.26 Å². The summed E-state index contributed by atoms with van der Waals surface area (Å²) in [6.07, 6.45) is 2.16. The molecule has 25 heavy (non-hydrogen) atoms. The smallest absolute Gasteiger partial charge is 0.126 e. The topological polar surface area (TPSA) is 72.4 Å². The zero-order valence-electron chi connectivity index (χ0n) is 14.8. The van der Waals surface area contributed by atoms with E-state index >= 15 is 0 Å². The van der Waals surface area contributed by atoms with E-state index in [0.29, 0.717) is 5.56 Å². The van der Waals surface area contributed by atoms with Gasteiger partial charge in [0.2, 0.25) is 0 Å². The van der Waals surface area contributed by atoms with Gasteiger partial charge in [-0.1, -0.05) is 6.92 Å². The quantitative estimate of drug-likeness (QED) is 0.866. The van der Waals surface area contributed by atoms with E-state index in [1.165, 1.54) is 0 Å². The number of aryl methyl sites for hydroxylation is 1. The molecule has 0 amide bonds. The maximum atomic E-state index is 9.66. The van der Waals surface area contributed by atoms with Crippen LogP contribution in [0.3, 0.4) is 0 Å². The summed E-state index contributed by atoms with van der Waals surface area (Å²) in [7, 11) is 0. The van der Waals surface area contributed by atoms with Crippen molar-refractivity contribution in [1.82, 2.24) is 0 Å². The van der Waals surface area contributed by atoms with Gasteiger partial charge in [-0.15, -0.1) is 0 Å². The first-order valence-corrected chi connectivity index (χ1v) is 8.93. The Labute approximate surface area is 148 Å². The summed E-state index contributed by atoms with van der Waals surface area (Å²) < 4.78 is 5.79. The number of anilines is 2. The number of piperidine rings is 1. The summed E-state index contributed by atoms with van der Waals surface area (Å²) in [6, 6.07) is 12.2. The number of aliphatic hydroxyl groups is 1. The van der Waals surface area contributed by atoms with Gasteiger partial charge in [0.05, 0.1) is 23.4 Å². The Kier molecular flexibility index (Phi) is 5.30. The lowest BCUT2D eigenvalue weighted by atomic mass is 10.0. The highest BCUT2D eigenvalue weighted by molar-refractivity contribution is 5.66. The monoisotopic (exact) mass is 339 g/mol. The van der Waals surface area contributed by atoms with Gasteiger partial charge in [-0.2, -0.15) is 5.26 Å². The van der Waals surface area contributed by atoms with Crippen LogP contribution in [0.25, 0.3) is 0 Å².